The van der Waals surface area contributed by atoms with Gasteiger partial charge in [0, 0.05) is 33.0 Å². The molecule has 1 aliphatic heterocycles. The highest BCUT2D eigenvalue weighted by molar-refractivity contribution is 5.38. The topological polar surface area (TPSA) is 45.6 Å². The van der Waals surface area contributed by atoms with Crippen molar-refractivity contribution in [3.63, 3.8) is 0 Å². The van der Waals surface area contributed by atoms with E-state index in [1.54, 1.807) is 6.20 Å². The molecule has 17 heavy (non-hydrogen) atoms. The van der Waals surface area contributed by atoms with E-state index >= 15 is 0 Å². The summed E-state index contributed by atoms with van der Waals surface area (Å²) in [6.45, 7) is 2.84. The van der Waals surface area contributed by atoms with Gasteiger partial charge in [-0.15, -0.1) is 0 Å². The summed E-state index contributed by atoms with van der Waals surface area (Å²) >= 11 is 0. The largest absolute Gasteiger partial charge is 0.392 e. The Morgan fingerprint density at radius 2 is 2.18 bits per heavy atom. The first-order valence-electron chi connectivity index (χ1n) is 6.14. The van der Waals surface area contributed by atoms with Crippen molar-refractivity contribution in [2.45, 2.75) is 19.4 Å². The Labute approximate surface area is 102 Å². The lowest BCUT2D eigenvalue weighted by molar-refractivity contribution is 0.0685. The van der Waals surface area contributed by atoms with Crippen LogP contribution in [0.25, 0.3) is 0 Å². The zero-order valence-corrected chi connectivity index (χ0v) is 10.3. The second-order valence-corrected chi connectivity index (χ2v) is 4.62. The maximum absolute atomic E-state index is 8.96. The standard InChI is InChI=1S/C13H20N2O2/c1-15(9-11-4-6-17-7-5-11)13-3-2-12(10-16)8-14-13/h2-3,8,11,16H,4-7,9-10H2,1H3. The van der Waals surface area contributed by atoms with Crippen molar-refractivity contribution in [1.29, 1.82) is 0 Å². The SMILES string of the molecule is CN(CC1CCOCC1)c1ccc(CO)cn1. The second-order valence-electron chi connectivity index (χ2n) is 4.62. The van der Waals surface area contributed by atoms with Crippen LogP contribution in [0.15, 0.2) is 18.3 Å². The van der Waals surface area contributed by atoms with Crippen LogP contribution in [-0.2, 0) is 11.3 Å². The van der Waals surface area contributed by atoms with E-state index in [9.17, 15) is 0 Å². The highest BCUT2D eigenvalue weighted by atomic mass is 16.5. The highest BCUT2D eigenvalue weighted by Gasteiger charge is 2.16. The van der Waals surface area contributed by atoms with Crippen LogP contribution in [0.5, 0.6) is 0 Å². The normalized spacial score (nSPS) is 17.1. The maximum Gasteiger partial charge on any atom is 0.128 e. The predicted molar refractivity (Wildman–Crippen MR) is 67.0 cm³/mol. The molecule has 0 spiro atoms. The number of pyridine rings is 1. The number of hydrogen-bond donors (Lipinski definition) is 1. The number of anilines is 1. The summed E-state index contributed by atoms with van der Waals surface area (Å²) in [5, 5.41) is 8.96. The molecule has 1 saturated heterocycles. The van der Waals surface area contributed by atoms with E-state index in [0.717, 1.165) is 44.0 Å². The van der Waals surface area contributed by atoms with Crippen molar-refractivity contribution in [2.75, 3.05) is 31.7 Å². The molecule has 0 unspecified atom stereocenters. The Morgan fingerprint density at radius 1 is 1.41 bits per heavy atom. The second kappa shape index (κ2) is 5.98. The third-order valence-corrected chi connectivity index (χ3v) is 3.26. The molecule has 4 heteroatoms. The highest BCUT2D eigenvalue weighted by Crippen LogP contribution is 2.18. The molecule has 94 valence electrons. The van der Waals surface area contributed by atoms with Gasteiger partial charge in [-0.3, -0.25) is 0 Å². The van der Waals surface area contributed by atoms with Gasteiger partial charge in [0.1, 0.15) is 5.82 Å². The molecule has 0 aromatic carbocycles. The van der Waals surface area contributed by atoms with Crippen LogP contribution in [-0.4, -0.2) is 36.9 Å². The molecule has 4 nitrogen and oxygen atoms in total. The quantitative estimate of drug-likeness (QED) is 0.859. The first-order valence-corrected chi connectivity index (χ1v) is 6.14. The average molecular weight is 236 g/mol. The number of aliphatic hydroxyl groups excluding tert-OH is 1. The van der Waals surface area contributed by atoms with Crippen molar-refractivity contribution in [3.8, 4) is 0 Å². The summed E-state index contributed by atoms with van der Waals surface area (Å²) < 4.78 is 5.36. The third kappa shape index (κ3) is 3.41. The summed E-state index contributed by atoms with van der Waals surface area (Å²) in [5.41, 5.74) is 0.855. The van der Waals surface area contributed by atoms with E-state index < -0.39 is 0 Å². The molecule has 1 aromatic rings. The lowest BCUT2D eigenvalue weighted by atomic mass is 10.00. The fraction of sp³-hybridized carbons (Fsp3) is 0.615. The maximum atomic E-state index is 8.96. The minimum Gasteiger partial charge on any atom is -0.392 e. The van der Waals surface area contributed by atoms with Gasteiger partial charge < -0.3 is 14.7 Å². The molecule has 0 saturated carbocycles. The van der Waals surface area contributed by atoms with Gasteiger partial charge >= 0.3 is 0 Å². The van der Waals surface area contributed by atoms with E-state index in [-0.39, 0.29) is 6.61 Å². The molecule has 1 aliphatic rings. The average Bonchev–Trinajstić information content (AvgIpc) is 2.40. The first-order chi connectivity index (χ1) is 8.29. The Kier molecular flexibility index (Phi) is 4.34. The zero-order valence-electron chi connectivity index (χ0n) is 10.3. The summed E-state index contributed by atoms with van der Waals surface area (Å²) in [6, 6.07) is 3.88. The number of aromatic nitrogens is 1. The molecule has 0 atom stereocenters. The van der Waals surface area contributed by atoms with Crippen LogP contribution in [0, 0.1) is 5.92 Å². The van der Waals surface area contributed by atoms with Gasteiger partial charge in [-0.1, -0.05) is 6.07 Å². The Hall–Kier alpha value is -1.13. The molecule has 0 bridgehead atoms. The van der Waals surface area contributed by atoms with E-state index in [2.05, 4.69) is 16.9 Å². The van der Waals surface area contributed by atoms with Crippen LogP contribution in [0.4, 0.5) is 5.82 Å². The monoisotopic (exact) mass is 236 g/mol. The molecule has 1 fully saturated rings. The minimum absolute atomic E-state index is 0.0525. The molecular weight excluding hydrogens is 216 g/mol. The van der Waals surface area contributed by atoms with E-state index in [1.807, 2.05) is 12.1 Å². The molecule has 0 aliphatic carbocycles. The van der Waals surface area contributed by atoms with Gasteiger partial charge in [0.05, 0.1) is 6.61 Å². The lowest BCUT2D eigenvalue weighted by Gasteiger charge is -2.27. The Morgan fingerprint density at radius 3 is 2.76 bits per heavy atom. The molecular formula is C13H20N2O2. The summed E-state index contributed by atoms with van der Waals surface area (Å²) in [7, 11) is 2.07. The van der Waals surface area contributed by atoms with Crippen LogP contribution >= 0.6 is 0 Å². The fourth-order valence-corrected chi connectivity index (χ4v) is 2.15. The van der Waals surface area contributed by atoms with Crippen molar-refractivity contribution < 1.29 is 9.84 Å². The van der Waals surface area contributed by atoms with Gasteiger partial charge in [-0.25, -0.2) is 4.98 Å². The molecule has 0 radical (unpaired) electrons. The van der Waals surface area contributed by atoms with E-state index in [1.165, 1.54) is 0 Å². The number of nitrogens with zero attached hydrogens (tertiary/aromatic N) is 2. The number of ether oxygens (including phenoxy) is 1. The van der Waals surface area contributed by atoms with Crippen LogP contribution in [0.2, 0.25) is 0 Å². The minimum atomic E-state index is 0.0525. The molecule has 1 N–H and O–H groups in total. The van der Waals surface area contributed by atoms with Crippen molar-refractivity contribution >= 4 is 5.82 Å². The fourth-order valence-electron chi connectivity index (χ4n) is 2.15. The Balaban J connectivity index is 1.91. The predicted octanol–water partition coefficient (Wildman–Crippen LogP) is 1.44. The first kappa shape index (κ1) is 12.3. The van der Waals surface area contributed by atoms with Crippen LogP contribution < -0.4 is 4.90 Å². The Bertz CT molecular complexity index is 334. The summed E-state index contributed by atoms with van der Waals surface area (Å²) in [4.78, 5) is 6.53. The molecule has 1 aromatic heterocycles. The van der Waals surface area contributed by atoms with E-state index in [0.29, 0.717) is 5.92 Å². The van der Waals surface area contributed by atoms with Crippen molar-refractivity contribution in [2.24, 2.45) is 5.92 Å². The number of rotatable bonds is 4. The molecule has 0 amide bonds. The van der Waals surface area contributed by atoms with E-state index in [4.69, 9.17) is 9.84 Å². The van der Waals surface area contributed by atoms with Crippen LogP contribution in [0.1, 0.15) is 18.4 Å². The van der Waals surface area contributed by atoms with Crippen molar-refractivity contribution in [3.05, 3.63) is 23.9 Å². The van der Waals surface area contributed by atoms with Crippen LogP contribution in [0.3, 0.4) is 0 Å². The third-order valence-electron chi connectivity index (χ3n) is 3.26. The van der Waals surface area contributed by atoms with Gasteiger partial charge in [-0.2, -0.15) is 0 Å². The van der Waals surface area contributed by atoms with Gasteiger partial charge in [0.2, 0.25) is 0 Å². The molecule has 2 heterocycles. The number of hydrogen-bond acceptors (Lipinski definition) is 4. The zero-order chi connectivity index (χ0) is 12.1. The molecule has 2 rings (SSSR count). The lowest BCUT2D eigenvalue weighted by Crippen LogP contribution is -2.30. The summed E-state index contributed by atoms with van der Waals surface area (Å²) in [5.74, 6) is 1.67. The van der Waals surface area contributed by atoms with Crippen molar-refractivity contribution in [1.82, 2.24) is 4.98 Å². The number of aliphatic hydroxyl groups is 1. The van der Waals surface area contributed by atoms with Gasteiger partial charge in [-0.05, 0) is 30.4 Å². The smallest absolute Gasteiger partial charge is 0.128 e. The van der Waals surface area contributed by atoms with Gasteiger partial charge in [0.25, 0.3) is 0 Å². The van der Waals surface area contributed by atoms with Gasteiger partial charge in [0.15, 0.2) is 0 Å². The summed E-state index contributed by atoms with van der Waals surface area (Å²) in [6.07, 6.45) is 4.01.